The summed E-state index contributed by atoms with van der Waals surface area (Å²) in [5, 5.41) is 0. The van der Waals surface area contributed by atoms with Crippen LogP contribution in [0.2, 0.25) is 0 Å². The van der Waals surface area contributed by atoms with E-state index in [9.17, 15) is 14.4 Å². The quantitative estimate of drug-likeness (QED) is 0.523. The first kappa shape index (κ1) is 27.8. The highest BCUT2D eigenvalue weighted by molar-refractivity contribution is 5.95. The fraction of sp³-hybridized carbons (Fsp3) is 0.433. The fourth-order valence-electron chi connectivity index (χ4n) is 3.91. The molecule has 0 radical (unpaired) electrons. The lowest BCUT2D eigenvalue weighted by Gasteiger charge is -2.35. The van der Waals surface area contributed by atoms with Crippen molar-refractivity contribution in [3.05, 3.63) is 65.7 Å². The second-order valence-corrected chi connectivity index (χ2v) is 10.1. The van der Waals surface area contributed by atoms with Gasteiger partial charge in [-0.1, -0.05) is 43.4 Å². The number of para-hydroxylation sites is 1. The number of carbonyl (C=O) groups excluding carboxylic acids is 3. The first-order valence-corrected chi connectivity index (χ1v) is 12.9. The summed E-state index contributed by atoms with van der Waals surface area (Å²) in [5.74, 6) is 6.22. The number of nitrogens with zero attached hydrogens (tertiary/aromatic N) is 3. The van der Waals surface area contributed by atoms with Crippen LogP contribution in [0.15, 0.2) is 54.6 Å². The number of amides is 3. The Balaban J connectivity index is 1.57. The minimum absolute atomic E-state index is 0.0649. The summed E-state index contributed by atoms with van der Waals surface area (Å²) in [5.41, 5.74) is 1.65. The van der Waals surface area contributed by atoms with Crippen LogP contribution in [0, 0.1) is 11.8 Å². The van der Waals surface area contributed by atoms with Crippen LogP contribution in [0.1, 0.15) is 62.9 Å². The fourth-order valence-corrected chi connectivity index (χ4v) is 3.91. The van der Waals surface area contributed by atoms with Gasteiger partial charge in [-0.15, -0.1) is 0 Å². The molecule has 0 unspecified atom stereocenters. The molecule has 1 aliphatic heterocycles. The number of piperazine rings is 1. The molecule has 37 heavy (non-hydrogen) atoms. The third kappa shape index (κ3) is 8.38. The highest BCUT2D eigenvalue weighted by Gasteiger charge is 2.28. The van der Waals surface area contributed by atoms with Gasteiger partial charge in [-0.3, -0.25) is 9.59 Å². The van der Waals surface area contributed by atoms with Gasteiger partial charge in [0.15, 0.2) is 0 Å². The molecule has 196 valence electrons. The van der Waals surface area contributed by atoms with E-state index in [0.29, 0.717) is 44.7 Å². The molecule has 7 nitrogen and oxygen atoms in total. The largest absolute Gasteiger partial charge is 0.444 e. The molecule has 0 N–H and O–H groups in total. The Morgan fingerprint density at radius 2 is 1.54 bits per heavy atom. The SMILES string of the molecule is CCCCC(=O)N(CC#Cc1ccc(C(=O)N2CCN(C(=O)OC(C)(C)C)CC2)cc1)c1ccccc1. The Morgan fingerprint density at radius 1 is 0.919 bits per heavy atom. The summed E-state index contributed by atoms with van der Waals surface area (Å²) >= 11 is 0. The van der Waals surface area contributed by atoms with Crippen molar-refractivity contribution in [1.29, 1.82) is 0 Å². The molecule has 3 amide bonds. The number of ether oxygens (including phenoxy) is 1. The van der Waals surface area contributed by atoms with Crippen LogP contribution in [-0.4, -0.2) is 66.0 Å². The molecule has 1 heterocycles. The summed E-state index contributed by atoms with van der Waals surface area (Å²) in [6, 6.07) is 16.8. The number of rotatable bonds is 6. The van der Waals surface area contributed by atoms with Crippen molar-refractivity contribution in [3.63, 3.8) is 0 Å². The topological polar surface area (TPSA) is 70.2 Å². The summed E-state index contributed by atoms with van der Waals surface area (Å²) in [6.07, 6.45) is 1.96. The number of benzene rings is 2. The van der Waals surface area contributed by atoms with Gasteiger partial charge in [0.05, 0.1) is 6.54 Å². The minimum atomic E-state index is -0.543. The van der Waals surface area contributed by atoms with Crippen molar-refractivity contribution in [3.8, 4) is 11.8 Å². The summed E-state index contributed by atoms with van der Waals surface area (Å²) in [4.78, 5) is 43.0. The van der Waals surface area contributed by atoms with E-state index in [1.165, 1.54) is 0 Å². The summed E-state index contributed by atoms with van der Waals surface area (Å²) in [6.45, 7) is 9.69. The average molecular weight is 504 g/mol. The Kier molecular flexibility index (Phi) is 9.73. The van der Waals surface area contributed by atoms with Gasteiger partial charge in [0, 0.05) is 49.4 Å². The second-order valence-electron chi connectivity index (χ2n) is 10.1. The van der Waals surface area contributed by atoms with E-state index in [0.717, 1.165) is 24.1 Å². The number of hydrogen-bond acceptors (Lipinski definition) is 4. The maximum Gasteiger partial charge on any atom is 0.410 e. The molecule has 2 aromatic rings. The van der Waals surface area contributed by atoms with E-state index in [-0.39, 0.29) is 17.9 Å². The summed E-state index contributed by atoms with van der Waals surface area (Å²) in [7, 11) is 0. The number of hydrogen-bond donors (Lipinski definition) is 0. The molecule has 0 bridgehead atoms. The summed E-state index contributed by atoms with van der Waals surface area (Å²) < 4.78 is 5.42. The molecular formula is C30H37N3O4. The Labute approximate surface area is 220 Å². The number of anilines is 1. The van der Waals surface area contributed by atoms with Crippen LogP contribution in [0.25, 0.3) is 0 Å². The van der Waals surface area contributed by atoms with Crippen molar-refractivity contribution in [1.82, 2.24) is 9.80 Å². The third-order valence-corrected chi connectivity index (χ3v) is 5.93. The van der Waals surface area contributed by atoms with E-state index in [2.05, 4.69) is 18.8 Å². The molecular weight excluding hydrogens is 466 g/mol. The highest BCUT2D eigenvalue weighted by atomic mass is 16.6. The van der Waals surface area contributed by atoms with Gasteiger partial charge in [-0.2, -0.15) is 0 Å². The van der Waals surface area contributed by atoms with E-state index < -0.39 is 5.60 Å². The lowest BCUT2D eigenvalue weighted by Crippen LogP contribution is -2.51. The molecule has 7 heteroatoms. The average Bonchev–Trinajstić information content (AvgIpc) is 2.89. The number of carbonyl (C=O) groups is 3. The first-order chi connectivity index (χ1) is 17.7. The maximum atomic E-state index is 12.9. The van der Waals surface area contributed by atoms with Gasteiger partial charge >= 0.3 is 6.09 Å². The van der Waals surface area contributed by atoms with Crippen molar-refractivity contribution in [2.24, 2.45) is 0 Å². The van der Waals surface area contributed by atoms with Crippen LogP contribution < -0.4 is 4.90 Å². The standard InChI is InChI=1S/C30H37N3O4/c1-5-6-14-27(34)33(26-12-8-7-9-13-26)19-10-11-24-15-17-25(18-16-24)28(35)31-20-22-32(23-21-31)29(36)37-30(2,3)4/h7-9,12-13,15-18H,5-6,14,19-23H2,1-4H3. The molecule has 0 spiro atoms. The van der Waals surface area contributed by atoms with Crippen LogP contribution in [0.4, 0.5) is 10.5 Å². The van der Waals surface area contributed by atoms with Crippen molar-refractivity contribution in [2.75, 3.05) is 37.6 Å². The Morgan fingerprint density at radius 3 is 2.14 bits per heavy atom. The third-order valence-electron chi connectivity index (χ3n) is 5.93. The van der Waals surface area contributed by atoms with E-state index >= 15 is 0 Å². The predicted octanol–water partition coefficient (Wildman–Crippen LogP) is 4.95. The lowest BCUT2D eigenvalue weighted by atomic mass is 10.1. The molecule has 1 aliphatic rings. The zero-order chi connectivity index (χ0) is 26.8. The van der Waals surface area contributed by atoms with Crippen LogP contribution in [0.3, 0.4) is 0 Å². The van der Waals surface area contributed by atoms with Gasteiger partial charge < -0.3 is 19.4 Å². The normalized spacial score (nSPS) is 13.4. The zero-order valence-electron chi connectivity index (χ0n) is 22.3. The zero-order valence-corrected chi connectivity index (χ0v) is 22.3. The van der Waals surface area contributed by atoms with Crippen LogP contribution >= 0.6 is 0 Å². The molecule has 1 saturated heterocycles. The lowest BCUT2D eigenvalue weighted by molar-refractivity contribution is -0.118. The minimum Gasteiger partial charge on any atom is -0.444 e. The molecule has 0 aliphatic carbocycles. The van der Waals surface area contributed by atoms with E-state index in [4.69, 9.17) is 4.74 Å². The monoisotopic (exact) mass is 503 g/mol. The van der Waals surface area contributed by atoms with Gasteiger partial charge in [-0.05, 0) is 63.6 Å². The second kappa shape index (κ2) is 13.0. The van der Waals surface area contributed by atoms with Gasteiger partial charge in [0.2, 0.25) is 5.91 Å². The van der Waals surface area contributed by atoms with E-state index in [1.807, 2.05) is 63.2 Å². The Hall–Kier alpha value is -3.79. The van der Waals surface area contributed by atoms with Gasteiger partial charge in [-0.25, -0.2) is 4.79 Å². The molecule has 3 rings (SSSR count). The maximum absolute atomic E-state index is 12.9. The van der Waals surface area contributed by atoms with Crippen LogP contribution in [-0.2, 0) is 9.53 Å². The molecule has 2 aromatic carbocycles. The predicted molar refractivity (Wildman–Crippen MR) is 145 cm³/mol. The molecule has 0 aromatic heterocycles. The van der Waals surface area contributed by atoms with Crippen LogP contribution in [0.5, 0.6) is 0 Å². The first-order valence-electron chi connectivity index (χ1n) is 12.9. The van der Waals surface area contributed by atoms with Crippen molar-refractivity contribution < 1.29 is 19.1 Å². The molecule has 0 atom stereocenters. The molecule has 1 fully saturated rings. The molecule has 0 saturated carbocycles. The smallest absolute Gasteiger partial charge is 0.410 e. The van der Waals surface area contributed by atoms with Crippen molar-refractivity contribution >= 4 is 23.6 Å². The Bertz CT molecular complexity index is 1120. The van der Waals surface area contributed by atoms with Gasteiger partial charge in [0.25, 0.3) is 5.91 Å². The van der Waals surface area contributed by atoms with Gasteiger partial charge in [0.1, 0.15) is 5.60 Å². The van der Waals surface area contributed by atoms with Crippen molar-refractivity contribution in [2.45, 2.75) is 52.6 Å². The number of unbranched alkanes of at least 4 members (excludes halogenated alkanes) is 1. The highest BCUT2D eigenvalue weighted by Crippen LogP contribution is 2.16. The van der Waals surface area contributed by atoms with E-state index in [1.54, 1.807) is 26.8 Å².